The lowest BCUT2D eigenvalue weighted by Gasteiger charge is -2.09. The maximum Gasteiger partial charge on any atom is 0.416 e. The van der Waals surface area contributed by atoms with E-state index in [4.69, 9.17) is 0 Å². The molecular weight excluding hydrogens is 389 g/mol. The molecule has 26 heavy (non-hydrogen) atoms. The van der Waals surface area contributed by atoms with Gasteiger partial charge in [0.2, 0.25) is 4.96 Å². The summed E-state index contributed by atoms with van der Waals surface area (Å²) in [6, 6.07) is 4.31. The van der Waals surface area contributed by atoms with Gasteiger partial charge < -0.3 is 0 Å². The minimum absolute atomic E-state index is 0.0599. The molecule has 0 saturated heterocycles. The molecule has 0 fully saturated rings. The summed E-state index contributed by atoms with van der Waals surface area (Å²) in [6.07, 6.45) is -3.77. The van der Waals surface area contributed by atoms with Gasteiger partial charge in [0.1, 0.15) is 5.01 Å². The Hall–Kier alpha value is -1.98. The fraction of sp³-hybridized carbons (Fsp3) is 0.333. The highest BCUT2D eigenvalue weighted by molar-refractivity contribution is 7.89. The van der Waals surface area contributed by atoms with Gasteiger partial charge in [-0.05, 0) is 31.0 Å². The first-order chi connectivity index (χ1) is 12.1. The molecular formula is C15H15F3N4O2S2. The number of fused-ring (bicyclic) bond motifs is 1. The second kappa shape index (κ2) is 6.63. The second-order valence-electron chi connectivity index (χ2n) is 5.57. The van der Waals surface area contributed by atoms with E-state index in [0.717, 1.165) is 17.1 Å². The number of aromatic nitrogens is 3. The molecule has 140 valence electrons. The van der Waals surface area contributed by atoms with E-state index in [1.54, 1.807) is 6.92 Å². The molecule has 2 heterocycles. The smallest absolute Gasteiger partial charge is 0.221 e. The Morgan fingerprint density at radius 1 is 1.23 bits per heavy atom. The molecule has 0 aliphatic heterocycles. The third-order valence-corrected chi connectivity index (χ3v) is 6.23. The van der Waals surface area contributed by atoms with E-state index in [0.29, 0.717) is 22.6 Å². The molecule has 0 unspecified atom stereocenters. The standard InChI is InChI=1S/C15H15F3N4O2S2/c1-3-12-21-22-13(9(2)20-14(22)25-12)26(23,24)19-8-10-4-6-11(7-5-10)15(16,17)18/h4-7,19H,3,8H2,1-2H3. The molecule has 0 radical (unpaired) electrons. The van der Waals surface area contributed by atoms with Crippen molar-refractivity contribution in [2.45, 2.75) is 38.0 Å². The van der Waals surface area contributed by atoms with Gasteiger partial charge in [0.15, 0.2) is 5.03 Å². The van der Waals surface area contributed by atoms with Crippen molar-refractivity contribution in [2.75, 3.05) is 0 Å². The van der Waals surface area contributed by atoms with E-state index >= 15 is 0 Å². The number of imidazole rings is 1. The van der Waals surface area contributed by atoms with Crippen molar-refractivity contribution in [1.82, 2.24) is 19.3 Å². The Morgan fingerprint density at radius 3 is 2.46 bits per heavy atom. The number of alkyl halides is 3. The first-order valence-electron chi connectivity index (χ1n) is 7.62. The van der Waals surface area contributed by atoms with Gasteiger partial charge in [0, 0.05) is 6.54 Å². The molecule has 1 aromatic carbocycles. The molecule has 0 atom stereocenters. The largest absolute Gasteiger partial charge is 0.416 e. The van der Waals surface area contributed by atoms with Gasteiger partial charge in [0.05, 0.1) is 11.3 Å². The van der Waals surface area contributed by atoms with Crippen LogP contribution >= 0.6 is 11.3 Å². The predicted octanol–water partition coefficient (Wildman–Crippen LogP) is 3.16. The molecule has 3 rings (SSSR count). The van der Waals surface area contributed by atoms with Crippen LogP contribution in [-0.2, 0) is 29.2 Å². The summed E-state index contributed by atoms with van der Waals surface area (Å²) in [5, 5.41) is 4.94. The monoisotopic (exact) mass is 404 g/mol. The Morgan fingerprint density at radius 2 is 1.88 bits per heavy atom. The van der Waals surface area contributed by atoms with Crippen molar-refractivity contribution in [3.63, 3.8) is 0 Å². The van der Waals surface area contributed by atoms with Gasteiger partial charge in [-0.3, -0.25) is 0 Å². The van der Waals surface area contributed by atoms with Crippen molar-refractivity contribution in [1.29, 1.82) is 0 Å². The molecule has 0 aliphatic carbocycles. The number of benzene rings is 1. The molecule has 0 saturated carbocycles. The van der Waals surface area contributed by atoms with E-state index in [9.17, 15) is 21.6 Å². The van der Waals surface area contributed by atoms with Crippen LogP contribution in [0.3, 0.4) is 0 Å². The SMILES string of the molecule is CCc1nn2c(S(=O)(=O)NCc3ccc(C(F)(F)F)cc3)c(C)nc2s1. The molecule has 0 amide bonds. The summed E-state index contributed by atoms with van der Waals surface area (Å²) in [5.74, 6) is 0. The van der Waals surface area contributed by atoms with Crippen LogP contribution in [0.1, 0.15) is 28.8 Å². The number of nitrogens with one attached hydrogen (secondary N) is 1. The number of aryl methyl sites for hydroxylation is 2. The zero-order valence-electron chi connectivity index (χ0n) is 13.8. The van der Waals surface area contributed by atoms with Gasteiger partial charge in [-0.2, -0.15) is 22.8 Å². The zero-order valence-corrected chi connectivity index (χ0v) is 15.5. The number of halogens is 3. The highest BCUT2D eigenvalue weighted by Gasteiger charge is 2.30. The third kappa shape index (κ3) is 3.60. The maximum absolute atomic E-state index is 12.6. The summed E-state index contributed by atoms with van der Waals surface area (Å²) in [4.78, 5) is 4.70. The average molecular weight is 404 g/mol. The van der Waals surface area contributed by atoms with E-state index in [1.807, 2.05) is 6.92 Å². The highest BCUT2D eigenvalue weighted by Crippen LogP contribution is 2.29. The molecule has 11 heteroatoms. The lowest BCUT2D eigenvalue weighted by Crippen LogP contribution is -2.25. The first kappa shape index (κ1) is 18.8. The van der Waals surface area contributed by atoms with Gasteiger partial charge in [-0.15, -0.1) is 0 Å². The lowest BCUT2D eigenvalue weighted by atomic mass is 10.1. The number of hydrogen-bond donors (Lipinski definition) is 1. The second-order valence-corrected chi connectivity index (χ2v) is 8.29. The Bertz CT molecular complexity index is 1040. The molecule has 3 aromatic rings. The van der Waals surface area contributed by atoms with Crippen LogP contribution in [0.2, 0.25) is 0 Å². The molecule has 0 bridgehead atoms. The summed E-state index contributed by atoms with van der Waals surface area (Å²) in [5.41, 5.74) is -0.0640. The minimum atomic E-state index is -4.43. The summed E-state index contributed by atoms with van der Waals surface area (Å²) in [7, 11) is -3.93. The van der Waals surface area contributed by atoms with Crippen LogP contribution in [0.5, 0.6) is 0 Å². The van der Waals surface area contributed by atoms with Crippen LogP contribution in [-0.4, -0.2) is 23.0 Å². The quantitative estimate of drug-likeness (QED) is 0.709. The lowest BCUT2D eigenvalue weighted by molar-refractivity contribution is -0.137. The van der Waals surface area contributed by atoms with E-state index in [-0.39, 0.29) is 11.6 Å². The van der Waals surface area contributed by atoms with Crippen molar-refractivity contribution < 1.29 is 21.6 Å². The Balaban J connectivity index is 1.83. The molecule has 0 spiro atoms. The third-order valence-electron chi connectivity index (χ3n) is 3.67. The Kier molecular flexibility index (Phi) is 4.80. The molecule has 1 N–H and O–H groups in total. The van der Waals surface area contributed by atoms with Gasteiger partial charge in [-0.1, -0.05) is 30.4 Å². The number of nitrogens with zero attached hydrogens (tertiary/aromatic N) is 3. The van der Waals surface area contributed by atoms with Gasteiger partial charge >= 0.3 is 6.18 Å². The van der Waals surface area contributed by atoms with Crippen LogP contribution < -0.4 is 4.72 Å². The normalized spacial score (nSPS) is 12.8. The van der Waals surface area contributed by atoms with E-state index in [1.165, 1.54) is 28.0 Å². The zero-order chi connectivity index (χ0) is 19.1. The van der Waals surface area contributed by atoms with Crippen LogP contribution in [0, 0.1) is 6.92 Å². The van der Waals surface area contributed by atoms with Crippen molar-refractivity contribution >= 4 is 26.3 Å². The van der Waals surface area contributed by atoms with Crippen LogP contribution in [0.25, 0.3) is 4.96 Å². The van der Waals surface area contributed by atoms with Crippen molar-refractivity contribution in [2.24, 2.45) is 0 Å². The number of sulfonamides is 1. The number of rotatable bonds is 5. The molecule has 0 aliphatic rings. The fourth-order valence-corrected chi connectivity index (χ4v) is 4.60. The van der Waals surface area contributed by atoms with Crippen molar-refractivity contribution in [3.05, 3.63) is 46.1 Å². The van der Waals surface area contributed by atoms with Crippen molar-refractivity contribution in [3.8, 4) is 0 Å². The van der Waals surface area contributed by atoms with Gasteiger partial charge in [-0.25, -0.2) is 18.1 Å². The topological polar surface area (TPSA) is 76.4 Å². The van der Waals surface area contributed by atoms with Crippen LogP contribution in [0.15, 0.2) is 29.3 Å². The molecule has 6 nitrogen and oxygen atoms in total. The summed E-state index contributed by atoms with van der Waals surface area (Å²) < 4.78 is 66.7. The highest BCUT2D eigenvalue weighted by atomic mass is 32.2. The van der Waals surface area contributed by atoms with Gasteiger partial charge in [0.25, 0.3) is 10.0 Å². The van der Waals surface area contributed by atoms with Crippen LogP contribution in [0.4, 0.5) is 13.2 Å². The predicted molar refractivity (Wildman–Crippen MR) is 90.4 cm³/mol. The maximum atomic E-state index is 12.6. The molecule has 2 aromatic heterocycles. The summed E-state index contributed by atoms with van der Waals surface area (Å²) >= 11 is 1.31. The van der Waals surface area contributed by atoms with E-state index < -0.39 is 21.8 Å². The first-order valence-corrected chi connectivity index (χ1v) is 9.92. The number of hydrogen-bond acceptors (Lipinski definition) is 5. The van der Waals surface area contributed by atoms with E-state index in [2.05, 4.69) is 14.8 Å². The minimum Gasteiger partial charge on any atom is -0.221 e. The summed E-state index contributed by atoms with van der Waals surface area (Å²) in [6.45, 7) is 3.33. The Labute approximate surface area is 151 Å². The average Bonchev–Trinajstić information content (AvgIpc) is 3.08. The fourth-order valence-electron chi connectivity index (χ4n) is 2.38.